The molecule has 2 nitrogen and oxygen atoms in total. The number of rotatable bonds is 3. The van der Waals surface area contributed by atoms with Crippen LogP contribution in [0.1, 0.15) is 36.4 Å². The van der Waals surface area contributed by atoms with E-state index in [4.69, 9.17) is 5.73 Å². The SMILES string of the molecule is Cc1ccc([C@@H](N)CN2CCCCC2)cc1. The number of aryl methyl sites for hydroxylation is 1. The third kappa shape index (κ3) is 3.06. The topological polar surface area (TPSA) is 29.3 Å². The first-order valence-corrected chi connectivity index (χ1v) is 6.30. The van der Waals surface area contributed by atoms with E-state index in [1.54, 1.807) is 0 Å². The molecular formula is C14H22N2. The Kier molecular flexibility index (Phi) is 3.97. The van der Waals surface area contributed by atoms with E-state index in [0.717, 1.165) is 6.54 Å². The molecule has 1 aromatic carbocycles. The molecule has 16 heavy (non-hydrogen) atoms. The quantitative estimate of drug-likeness (QED) is 0.844. The predicted molar refractivity (Wildman–Crippen MR) is 68.4 cm³/mol. The zero-order valence-electron chi connectivity index (χ0n) is 10.2. The average Bonchev–Trinajstić information content (AvgIpc) is 2.31. The molecule has 1 heterocycles. The minimum Gasteiger partial charge on any atom is -0.323 e. The summed E-state index contributed by atoms with van der Waals surface area (Å²) in [6, 6.07) is 8.77. The monoisotopic (exact) mass is 218 g/mol. The highest BCUT2D eigenvalue weighted by Crippen LogP contribution is 2.16. The lowest BCUT2D eigenvalue weighted by Gasteiger charge is -2.29. The van der Waals surface area contributed by atoms with Gasteiger partial charge in [-0.25, -0.2) is 0 Å². The Morgan fingerprint density at radius 2 is 1.75 bits per heavy atom. The van der Waals surface area contributed by atoms with Gasteiger partial charge in [0.2, 0.25) is 0 Å². The van der Waals surface area contributed by atoms with Crippen LogP contribution in [0.4, 0.5) is 0 Å². The van der Waals surface area contributed by atoms with Crippen LogP contribution in [0.3, 0.4) is 0 Å². The molecule has 0 radical (unpaired) electrons. The molecule has 88 valence electrons. The fraction of sp³-hybridized carbons (Fsp3) is 0.571. The van der Waals surface area contributed by atoms with Crippen LogP contribution < -0.4 is 5.73 Å². The molecule has 0 amide bonds. The van der Waals surface area contributed by atoms with Crippen LogP contribution in [0.15, 0.2) is 24.3 Å². The van der Waals surface area contributed by atoms with E-state index in [0.29, 0.717) is 0 Å². The Morgan fingerprint density at radius 1 is 1.12 bits per heavy atom. The van der Waals surface area contributed by atoms with E-state index in [1.807, 2.05) is 0 Å². The van der Waals surface area contributed by atoms with Crippen molar-refractivity contribution in [3.8, 4) is 0 Å². The van der Waals surface area contributed by atoms with Crippen LogP contribution in [0.2, 0.25) is 0 Å². The molecule has 2 heteroatoms. The van der Waals surface area contributed by atoms with Crippen molar-refractivity contribution in [3.63, 3.8) is 0 Å². The number of hydrogen-bond donors (Lipinski definition) is 1. The van der Waals surface area contributed by atoms with Gasteiger partial charge in [0.25, 0.3) is 0 Å². The van der Waals surface area contributed by atoms with Crippen LogP contribution in [0.25, 0.3) is 0 Å². The number of nitrogens with zero attached hydrogens (tertiary/aromatic N) is 1. The Morgan fingerprint density at radius 3 is 2.38 bits per heavy atom. The summed E-state index contributed by atoms with van der Waals surface area (Å²) >= 11 is 0. The van der Waals surface area contributed by atoms with Crippen molar-refractivity contribution < 1.29 is 0 Å². The number of nitrogens with two attached hydrogens (primary N) is 1. The third-order valence-electron chi connectivity index (χ3n) is 3.41. The fourth-order valence-electron chi connectivity index (χ4n) is 2.34. The van der Waals surface area contributed by atoms with Crippen LogP contribution in [0.5, 0.6) is 0 Å². The number of piperidine rings is 1. The number of benzene rings is 1. The summed E-state index contributed by atoms with van der Waals surface area (Å²) < 4.78 is 0. The Bertz CT molecular complexity index is 312. The van der Waals surface area contributed by atoms with Crippen molar-refractivity contribution in [2.75, 3.05) is 19.6 Å². The molecule has 1 aliphatic heterocycles. The molecule has 1 atom stereocenters. The highest BCUT2D eigenvalue weighted by molar-refractivity contribution is 5.24. The van der Waals surface area contributed by atoms with Crippen molar-refractivity contribution in [1.82, 2.24) is 4.90 Å². The van der Waals surface area contributed by atoms with Crippen molar-refractivity contribution in [2.45, 2.75) is 32.2 Å². The zero-order chi connectivity index (χ0) is 11.4. The number of hydrogen-bond acceptors (Lipinski definition) is 2. The summed E-state index contributed by atoms with van der Waals surface area (Å²) in [4.78, 5) is 2.49. The first kappa shape index (κ1) is 11.6. The van der Waals surface area contributed by atoms with E-state index in [9.17, 15) is 0 Å². The van der Waals surface area contributed by atoms with Crippen molar-refractivity contribution in [2.24, 2.45) is 5.73 Å². The fourth-order valence-corrected chi connectivity index (χ4v) is 2.34. The average molecular weight is 218 g/mol. The van der Waals surface area contributed by atoms with Gasteiger partial charge in [-0.2, -0.15) is 0 Å². The van der Waals surface area contributed by atoms with Crippen LogP contribution in [-0.4, -0.2) is 24.5 Å². The molecule has 0 spiro atoms. The van der Waals surface area contributed by atoms with Gasteiger partial charge in [-0.05, 0) is 38.4 Å². The largest absolute Gasteiger partial charge is 0.323 e. The van der Waals surface area contributed by atoms with E-state index in [1.165, 1.54) is 43.5 Å². The Balaban J connectivity index is 1.91. The van der Waals surface area contributed by atoms with Gasteiger partial charge in [0, 0.05) is 12.6 Å². The normalized spacial score (nSPS) is 19.6. The molecule has 0 aliphatic carbocycles. The molecule has 0 unspecified atom stereocenters. The predicted octanol–water partition coefficient (Wildman–Crippen LogP) is 2.48. The second-order valence-electron chi connectivity index (χ2n) is 4.88. The second kappa shape index (κ2) is 5.46. The third-order valence-corrected chi connectivity index (χ3v) is 3.41. The van der Waals surface area contributed by atoms with Gasteiger partial charge in [0.05, 0.1) is 0 Å². The summed E-state index contributed by atoms with van der Waals surface area (Å²) in [5.41, 5.74) is 8.79. The molecule has 0 saturated carbocycles. The van der Waals surface area contributed by atoms with Crippen molar-refractivity contribution >= 4 is 0 Å². The lowest BCUT2D eigenvalue weighted by atomic mass is 10.0. The van der Waals surface area contributed by atoms with Gasteiger partial charge >= 0.3 is 0 Å². The van der Waals surface area contributed by atoms with Crippen molar-refractivity contribution in [1.29, 1.82) is 0 Å². The van der Waals surface area contributed by atoms with Gasteiger partial charge in [-0.15, -0.1) is 0 Å². The smallest absolute Gasteiger partial charge is 0.0424 e. The van der Waals surface area contributed by atoms with E-state index < -0.39 is 0 Å². The minimum atomic E-state index is 0.165. The summed E-state index contributed by atoms with van der Waals surface area (Å²) in [5.74, 6) is 0. The van der Waals surface area contributed by atoms with Gasteiger partial charge < -0.3 is 10.6 Å². The van der Waals surface area contributed by atoms with E-state index >= 15 is 0 Å². The van der Waals surface area contributed by atoms with Gasteiger partial charge in [-0.3, -0.25) is 0 Å². The summed E-state index contributed by atoms with van der Waals surface area (Å²) in [6.07, 6.45) is 4.05. The van der Waals surface area contributed by atoms with Crippen LogP contribution in [0, 0.1) is 6.92 Å². The molecule has 2 N–H and O–H groups in total. The van der Waals surface area contributed by atoms with Crippen molar-refractivity contribution in [3.05, 3.63) is 35.4 Å². The van der Waals surface area contributed by atoms with Gasteiger partial charge in [0.1, 0.15) is 0 Å². The Hall–Kier alpha value is -0.860. The van der Waals surface area contributed by atoms with E-state index in [-0.39, 0.29) is 6.04 Å². The molecule has 0 aromatic heterocycles. The molecule has 1 aromatic rings. The maximum atomic E-state index is 6.23. The van der Waals surface area contributed by atoms with Crippen LogP contribution in [-0.2, 0) is 0 Å². The summed E-state index contributed by atoms with van der Waals surface area (Å²) in [5, 5.41) is 0. The maximum absolute atomic E-state index is 6.23. The number of likely N-dealkylation sites (tertiary alicyclic amines) is 1. The molecule has 1 aliphatic rings. The summed E-state index contributed by atoms with van der Waals surface area (Å²) in [6.45, 7) is 5.56. The molecule has 2 rings (SSSR count). The van der Waals surface area contributed by atoms with Crippen LogP contribution >= 0.6 is 0 Å². The molecular weight excluding hydrogens is 196 g/mol. The molecule has 0 bridgehead atoms. The lowest BCUT2D eigenvalue weighted by molar-refractivity contribution is 0.216. The van der Waals surface area contributed by atoms with Gasteiger partial charge in [-0.1, -0.05) is 36.2 Å². The summed E-state index contributed by atoms with van der Waals surface area (Å²) in [7, 11) is 0. The first-order valence-electron chi connectivity index (χ1n) is 6.30. The standard InChI is InChI=1S/C14H22N2/c1-12-5-7-13(8-6-12)14(15)11-16-9-3-2-4-10-16/h5-8,14H,2-4,9-11,15H2,1H3/t14-/m0/s1. The zero-order valence-corrected chi connectivity index (χ0v) is 10.2. The highest BCUT2D eigenvalue weighted by Gasteiger charge is 2.14. The van der Waals surface area contributed by atoms with Gasteiger partial charge in [0.15, 0.2) is 0 Å². The highest BCUT2D eigenvalue weighted by atomic mass is 15.1. The molecule has 1 saturated heterocycles. The Labute approximate surface area is 98.4 Å². The second-order valence-corrected chi connectivity index (χ2v) is 4.88. The molecule has 1 fully saturated rings. The first-order chi connectivity index (χ1) is 7.75. The lowest BCUT2D eigenvalue weighted by Crippen LogP contribution is -2.36. The maximum Gasteiger partial charge on any atom is 0.0424 e. The minimum absolute atomic E-state index is 0.165. The van der Waals surface area contributed by atoms with E-state index in [2.05, 4.69) is 36.1 Å².